The smallest absolute Gasteiger partial charge is 0.147 e. The molecule has 0 aliphatic carbocycles. The topological polar surface area (TPSA) is 64.9 Å². The molecule has 4 heterocycles. The molecular weight excluding hydrogens is 362 g/mol. The molecule has 4 aromatic rings. The van der Waals surface area contributed by atoms with E-state index >= 15 is 0 Å². The van der Waals surface area contributed by atoms with Crippen LogP contribution in [-0.4, -0.2) is 38.8 Å². The number of imidazole rings is 1. The summed E-state index contributed by atoms with van der Waals surface area (Å²) in [5.41, 5.74) is 5.16. The number of anilines is 1. The Hall–Kier alpha value is -3.25. The van der Waals surface area contributed by atoms with Crippen LogP contribution in [0.5, 0.6) is 0 Å². The maximum absolute atomic E-state index is 5.43. The van der Waals surface area contributed by atoms with Gasteiger partial charge in [0.2, 0.25) is 0 Å². The molecule has 29 heavy (non-hydrogen) atoms. The fraction of sp³-hybridized carbons (Fsp3) is 0.261. The number of nitrogens with one attached hydrogen (secondary N) is 1. The van der Waals surface area contributed by atoms with Gasteiger partial charge in [0.15, 0.2) is 0 Å². The maximum atomic E-state index is 5.43. The summed E-state index contributed by atoms with van der Waals surface area (Å²) in [5.74, 6) is 1.75. The van der Waals surface area contributed by atoms with Crippen LogP contribution in [0.3, 0.4) is 0 Å². The van der Waals surface area contributed by atoms with Crippen LogP contribution in [0.15, 0.2) is 61.1 Å². The number of aryl methyl sites for hydroxylation is 1. The van der Waals surface area contributed by atoms with Crippen molar-refractivity contribution in [2.75, 3.05) is 18.5 Å². The zero-order valence-electron chi connectivity index (χ0n) is 16.4. The van der Waals surface area contributed by atoms with Gasteiger partial charge < -0.3 is 10.1 Å². The summed E-state index contributed by atoms with van der Waals surface area (Å²) in [7, 11) is 0. The van der Waals surface area contributed by atoms with E-state index in [0.717, 1.165) is 60.0 Å². The third kappa shape index (κ3) is 3.59. The molecule has 0 unspecified atom stereocenters. The van der Waals surface area contributed by atoms with Gasteiger partial charge in [-0.05, 0) is 50.1 Å². The van der Waals surface area contributed by atoms with Crippen LogP contribution in [-0.2, 0) is 4.74 Å². The van der Waals surface area contributed by atoms with E-state index in [9.17, 15) is 0 Å². The molecule has 1 aromatic carbocycles. The standard InChI is InChI=1S/C23H23N5O/c1-16-2-5-19(6-3-16)28-21-15-24-11-8-20(21)27-23(28)17-4-7-22(25-14-17)26-18-9-12-29-13-10-18/h2-8,11,14-15,18H,9-10,12-13H2,1H3,(H,25,26). The first-order valence-electron chi connectivity index (χ1n) is 9.98. The molecule has 6 heteroatoms. The Morgan fingerprint density at radius 3 is 2.59 bits per heavy atom. The van der Waals surface area contributed by atoms with Gasteiger partial charge in [-0.3, -0.25) is 9.55 Å². The van der Waals surface area contributed by atoms with Gasteiger partial charge in [0, 0.05) is 42.9 Å². The molecule has 3 aromatic heterocycles. The summed E-state index contributed by atoms with van der Waals surface area (Å²) in [5, 5.41) is 3.51. The van der Waals surface area contributed by atoms with E-state index in [2.05, 4.69) is 57.1 Å². The Morgan fingerprint density at radius 2 is 1.83 bits per heavy atom. The SMILES string of the molecule is Cc1ccc(-n2c(-c3ccc(NC4CCOCC4)nc3)nc3ccncc32)cc1. The lowest BCUT2D eigenvalue weighted by molar-refractivity contribution is 0.0904. The number of hydrogen-bond acceptors (Lipinski definition) is 5. The van der Waals surface area contributed by atoms with Gasteiger partial charge in [0.05, 0.1) is 17.2 Å². The third-order valence-electron chi connectivity index (χ3n) is 5.34. The number of benzene rings is 1. The molecule has 0 spiro atoms. The van der Waals surface area contributed by atoms with Gasteiger partial charge in [-0.1, -0.05) is 17.7 Å². The molecule has 0 amide bonds. The van der Waals surface area contributed by atoms with Crippen molar-refractivity contribution < 1.29 is 4.74 Å². The van der Waals surface area contributed by atoms with Gasteiger partial charge in [-0.15, -0.1) is 0 Å². The van der Waals surface area contributed by atoms with Crippen LogP contribution in [0.2, 0.25) is 0 Å². The molecule has 5 rings (SSSR count). The predicted octanol–water partition coefficient (Wildman–Crippen LogP) is 4.38. The summed E-state index contributed by atoms with van der Waals surface area (Å²) >= 11 is 0. The molecule has 1 N–H and O–H groups in total. The Morgan fingerprint density at radius 1 is 1.00 bits per heavy atom. The predicted molar refractivity (Wildman–Crippen MR) is 114 cm³/mol. The summed E-state index contributed by atoms with van der Waals surface area (Å²) in [4.78, 5) is 13.8. The highest BCUT2D eigenvalue weighted by Gasteiger charge is 2.16. The Labute approximate surface area is 169 Å². The fourth-order valence-electron chi connectivity index (χ4n) is 3.74. The maximum Gasteiger partial charge on any atom is 0.147 e. The first kappa shape index (κ1) is 17.8. The second-order valence-electron chi connectivity index (χ2n) is 7.43. The van der Waals surface area contributed by atoms with Crippen LogP contribution < -0.4 is 5.32 Å². The fourth-order valence-corrected chi connectivity index (χ4v) is 3.74. The molecular formula is C23H23N5O. The molecule has 1 fully saturated rings. The third-order valence-corrected chi connectivity index (χ3v) is 5.34. The van der Waals surface area contributed by atoms with Crippen molar-refractivity contribution in [3.05, 3.63) is 66.6 Å². The number of hydrogen-bond donors (Lipinski definition) is 1. The molecule has 0 saturated carbocycles. The van der Waals surface area contributed by atoms with Crippen molar-refractivity contribution >= 4 is 16.9 Å². The quantitative estimate of drug-likeness (QED) is 0.565. The van der Waals surface area contributed by atoms with Gasteiger partial charge in [-0.2, -0.15) is 0 Å². The second-order valence-corrected chi connectivity index (χ2v) is 7.43. The van der Waals surface area contributed by atoms with Crippen LogP contribution in [0.1, 0.15) is 18.4 Å². The Balaban J connectivity index is 1.52. The van der Waals surface area contributed by atoms with Crippen molar-refractivity contribution in [3.8, 4) is 17.1 Å². The lowest BCUT2D eigenvalue weighted by Crippen LogP contribution is -2.28. The molecule has 0 radical (unpaired) electrons. The number of nitrogens with zero attached hydrogens (tertiary/aromatic N) is 4. The number of pyridine rings is 2. The zero-order valence-corrected chi connectivity index (χ0v) is 16.4. The number of rotatable bonds is 4. The highest BCUT2D eigenvalue weighted by atomic mass is 16.5. The molecule has 146 valence electrons. The van der Waals surface area contributed by atoms with Gasteiger partial charge in [0.1, 0.15) is 11.6 Å². The highest BCUT2D eigenvalue weighted by molar-refractivity contribution is 5.82. The van der Waals surface area contributed by atoms with Crippen molar-refractivity contribution in [1.29, 1.82) is 0 Å². The highest BCUT2D eigenvalue weighted by Crippen LogP contribution is 2.28. The van der Waals surface area contributed by atoms with E-state index in [-0.39, 0.29) is 0 Å². The van der Waals surface area contributed by atoms with Gasteiger partial charge >= 0.3 is 0 Å². The summed E-state index contributed by atoms with van der Waals surface area (Å²) in [6.45, 7) is 3.71. The van der Waals surface area contributed by atoms with E-state index < -0.39 is 0 Å². The van der Waals surface area contributed by atoms with E-state index in [1.54, 1.807) is 6.20 Å². The summed E-state index contributed by atoms with van der Waals surface area (Å²) < 4.78 is 7.57. The Kier molecular flexibility index (Phi) is 4.69. The zero-order chi connectivity index (χ0) is 19.6. The van der Waals surface area contributed by atoms with E-state index in [0.29, 0.717) is 6.04 Å². The first-order valence-corrected chi connectivity index (χ1v) is 9.98. The minimum atomic E-state index is 0.422. The van der Waals surface area contributed by atoms with Crippen molar-refractivity contribution in [1.82, 2.24) is 19.5 Å². The number of ether oxygens (including phenoxy) is 1. The molecule has 1 aliphatic heterocycles. The Bertz CT molecular complexity index is 1110. The molecule has 6 nitrogen and oxygen atoms in total. The average molecular weight is 385 g/mol. The van der Waals surface area contributed by atoms with Crippen molar-refractivity contribution in [3.63, 3.8) is 0 Å². The molecule has 0 atom stereocenters. The van der Waals surface area contributed by atoms with Gasteiger partial charge in [-0.25, -0.2) is 9.97 Å². The second kappa shape index (κ2) is 7.64. The first-order chi connectivity index (χ1) is 14.3. The monoisotopic (exact) mass is 385 g/mol. The number of fused-ring (bicyclic) bond motifs is 1. The largest absolute Gasteiger partial charge is 0.381 e. The summed E-state index contributed by atoms with van der Waals surface area (Å²) in [6, 6.07) is 14.9. The molecule has 0 bridgehead atoms. The van der Waals surface area contributed by atoms with E-state index in [4.69, 9.17) is 9.72 Å². The lowest BCUT2D eigenvalue weighted by atomic mass is 10.1. The molecule has 1 aliphatic rings. The summed E-state index contributed by atoms with van der Waals surface area (Å²) in [6.07, 6.45) is 7.55. The van der Waals surface area contributed by atoms with Crippen molar-refractivity contribution in [2.45, 2.75) is 25.8 Å². The van der Waals surface area contributed by atoms with Crippen LogP contribution >= 0.6 is 0 Å². The van der Waals surface area contributed by atoms with Crippen LogP contribution in [0.25, 0.3) is 28.1 Å². The molecule has 1 saturated heterocycles. The van der Waals surface area contributed by atoms with Crippen LogP contribution in [0, 0.1) is 6.92 Å². The van der Waals surface area contributed by atoms with Crippen molar-refractivity contribution in [2.24, 2.45) is 0 Å². The normalized spacial score (nSPS) is 14.9. The lowest BCUT2D eigenvalue weighted by Gasteiger charge is -2.23. The minimum Gasteiger partial charge on any atom is -0.381 e. The van der Waals surface area contributed by atoms with Gasteiger partial charge in [0.25, 0.3) is 0 Å². The number of aromatic nitrogens is 4. The van der Waals surface area contributed by atoms with E-state index in [1.807, 2.05) is 24.5 Å². The minimum absolute atomic E-state index is 0.422. The van der Waals surface area contributed by atoms with Crippen LogP contribution in [0.4, 0.5) is 5.82 Å². The average Bonchev–Trinajstić information content (AvgIpc) is 3.15. The van der Waals surface area contributed by atoms with E-state index in [1.165, 1.54) is 5.56 Å².